The van der Waals surface area contributed by atoms with Gasteiger partial charge in [0.2, 0.25) is 6.79 Å². The van der Waals surface area contributed by atoms with Gasteiger partial charge in [-0.1, -0.05) is 6.07 Å². The van der Waals surface area contributed by atoms with Gasteiger partial charge >= 0.3 is 0 Å². The molecule has 2 aliphatic rings. The highest BCUT2D eigenvalue weighted by molar-refractivity contribution is 7.98. The first-order chi connectivity index (χ1) is 7.72. The third-order valence-electron chi connectivity index (χ3n) is 3.21. The van der Waals surface area contributed by atoms with E-state index >= 15 is 0 Å². The first-order valence-electron chi connectivity index (χ1n) is 5.46. The molecule has 1 aromatic carbocycles. The number of nitrogens with two attached hydrogens (primary N) is 1. The fraction of sp³-hybridized carbons (Fsp3) is 0.500. The predicted molar refractivity (Wildman–Crippen MR) is 64.2 cm³/mol. The van der Waals surface area contributed by atoms with Crippen molar-refractivity contribution in [1.82, 2.24) is 0 Å². The van der Waals surface area contributed by atoms with E-state index < -0.39 is 0 Å². The van der Waals surface area contributed by atoms with E-state index in [2.05, 4.69) is 12.3 Å². The van der Waals surface area contributed by atoms with E-state index in [1.54, 1.807) is 11.8 Å². The normalized spacial score (nSPS) is 19.9. The Bertz CT molecular complexity index is 429. The minimum absolute atomic E-state index is 0.0399. The van der Waals surface area contributed by atoms with Crippen molar-refractivity contribution in [2.24, 2.45) is 5.73 Å². The number of fused-ring (bicyclic) bond motifs is 1. The largest absolute Gasteiger partial charge is 0.454 e. The topological polar surface area (TPSA) is 44.5 Å². The van der Waals surface area contributed by atoms with E-state index in [-0.39, 0.29) is 5.54 Å². The summed E-state index contributed by atoms with van der Waals surface area (Å²) in [6.07, 6.45) is 5.28. The second-order valence-corrected chi connectivity index (χ2v) is 5.35. The van der Waals surface area contributed by atoms with Crippen molar-refractivity contribution in [2.45, 2.75) is 29.7 Å². The first kappa shape index (κ1) is 10.3. The quantitative estimate of drug-likeness (QED) is 0.818. The van der Waals surface area contributed by atoms with Crippen molar-refractivity contribution in [2.75, 3.05) is 13.0 Å². The predicted octanol–water partition coefficient (Wildman–Crippen LogP) is 2.17. The first-order valence-corrected chi connectivity index (χ1v) is 6.69. The van der Waals surface area contributed by atoms with E-state index in [1.165, 1.54) is 10.5 Å². The van der Waals surface area contributed by atoms with Gasteiger partial charge in [0, 0.05) is 5.54 Å². The molecule has 0 unspecified atom stereocenters. The van der Waals surface area contributed by atoms with Gasteiger partial charge in [0.15, 0.2) is 11.5 Å². The number of thioether (sulfide) groups is 1. The van der Waals surface area contributed by atoms with Crippen LogP contribution in [0.3, 0.4) is 0 Å². The number of benzene rings is 1. The molecule has 0 radical (unpaired) electrons. The van der Waals surface area contributed by atoms with Crippen LogP contribution >= 0.6 is 11.8 Å². The maximum Gasteiger partial charge on any atom is 0.231 e. The van der Waals surface area contributed by atoms with Crippen molar-refractivity contribution >= 4 is 11.8 Å². The van der Waals surface area contributed by atoms with Gasteiger partial charge in [-0.2, -0.15) is 0 Å². The fourth-order valence-electron chi connectivity index (χ4n) is 2.07. The molecule has 0 spiro atoms. The van der Waals surface area contributed by atoms with Crippen LogP contribution in [0.15, 0.2) is 17.0 Å². The molecule has 86 valence electrons. The Morgan fingerprint density at radius 1 is 1.38 bits per heavy atom. The Kier molecular flexibility index (Phi) is 2.30. The summed E-state index contributed by atoms with van der Waals surface area (Å²) in [5.41, 5.74) is 7.49. The highest BCUT2D eigenvalue weighted by atomic mass is 32.2. The van der Waals surface area contributed by atoms with Crippen LogP contribution in [0.25, 0.3) is 0 Å². The molecule has 3 rings (SSSR count). The molecule has 3 nitrogen and oxygen atoms in total. The van der Waals surface area contributed by atoms with Gasteiger partial charge in [-0.3, -0.25) is 0 Å². The van der Waals surface area contributed by atoms with Crippen LogP contribution in [0.4, 0.5) is 0 Å². The zero-order valence-electron chi connectivity index (χ0n) is 9.29. The maximum absolute atomic E-state index is 6.17. The van der Waals surface area contributed by atoms with E-state index in [0.29, 0.717) is 6.79 Å². The average molecular weight is 237 g/mol. The smallest absolute Gasteiger partial charge is 0.231 e. The molecule has 1 aliphatic heterocycles. The van der Waals surface area contributed by atoms with Crippen molar-refractivity contribution in [3.05, 3.63) is 17.7 Å². The fourth-order valence-corrected chi connectivity index (χ4v) is 2.81. The summed E-state index contributed by atoms with van der Waals surface area (Å²) in [4.78, 5) is 1.19. The lowest BCUT2D eigenvalue weighted by Gasteiger charge is -2.13. The summed E-state index contributed by atoms with van der Waals surface area (Å²) < 4.78 is 10.9. The molecule has 1 saturated carbocycles. The lowest BCUT2D eigenvalue weighted by atomic mass is 10.0. The van der Waals surface area contributed by atoms with Crippen LogP contribution in [0.2, 0.25) is 0 Å². The molecule has 0 aromatic heterocycles. The molecular formula is C12H15NO2S. The van der Waals surface area contributed by atoms with E-state index in [9.17, 15) is 0 Å². The van der Waals surface area contributed by atoms with Crippen LogP contribution in [0.1, 0.15) is 18.4 Å². The van der Waals surface area contributed by atoms with Crippen LogP contribution in [0, 0.1) is 0 Å². The molecule has 1 aromatic rings. The van der Waals surface area contributed by atoms with Gasteiger partial charge in [-0.15, -0.1) is 11.8 Å². The summed E-state index contributed by atoms with van der Waals surface area (Å²) >= 11 is 1.71. The highest BCUT2D eigenvalue weighted by Crippen LogP contribution is 2.45. The van der Waals surface area contributed by atoms with Crippen molar-refractivity contribution in [1.29, 1.82) is 0 Å². The summed E-state index contributed by atoms with van der Waals surface area (Å²) in [6, 6.07) is 4.11. The third kappa shape index (κ3) is 1.66. The molecule has 0 atom stereocenters. The number of rotatable bonds is 3. The second-order valence-electron chi connectivity index (χ2n) is 4.53. The van der Waals surface area contributed by atoms with Crippen LogP contribution < -0.4 is 15.2 Å². The van der Waals surface area contributed by atoms with Crippen LogP contribution in [-0.2, 0) is 6.42 Å². The Morgan fingerprint density at radius 2 is 2.19 bits per heavy atom. The Labute approximate surface area is 99.3 Å². The van der Waals surface area contributed by atoms with Crippen molar-refractivity contribution in [3.63, 3.8) is 0 Å². The molecule has 16 heavy (non-hydrogen) atoms. The minimum Gasteiger partial charge on any atom is -0.454 e. The minimum atomic E-state index is 0.0399. The average Bonchev–Trinajstić information content (AvgIpc) is 2.80. The summed E-state index contributed by atoms with van der Waals surface area (Å²) in [5, 5.41) is 0. The molecule has 4 heteroatoms. The molecule has 0 saturated heterocycles. The monoisotopic (exact) mass is 237 g/mol. The van der Waals surface area contributed by atoms with Crippen LogP contribution in [0.5, 0.6) is 11.5 Å². The van der Waals surface area contributed by atoms with Gasteiger partial charge in [0.1, 0.15) is 0 Å². The number of hydrogen-bond donors (Lipinski definition) is 1. The SMILES string of the molecule is CSc1c(CC2(N)CC2)ccc2c1OCO2. The zero-order valence-corrected chi connectivity index (χ0v) is 10.1. The van der Waals surface area contributed by atoms with Gasteiger partial charge < -0.3 is 15.2 Å². The number of ether oxygens (including phenoxy) is 2. The molecule has 1 aliphatic carbocycles. The van der Waals surface area contributed by atoms with Gasteiger partial charge in [0.05, 0.1) is 4.90 Å². The van der Waals surface area contributed by atoms with E-state index in [1.807, 2.05) is 6.07 Å². The molecule has 1 fully saturated rings. The Balaban J connectivity index is 1.98. The molecule has 2 N–H and O–H groups in total. The zero-order chi connectivity index (χ0) is 11.2. The standard InChI is InChI=1S/C12H15NO2S/c1-16-11-8(6-12(13)4-5-12)2-3-9-10(11)15-7-14-9/h2-3H,4-7,13H2,1H3. The third-order valence-corrected chi connectivity index (χ3v) is 4.07. The Morgan fingerprint density at radius 3 is 2.88 bits per heavy atom. The van der Waals surface area contributed by atoms with Gasteiger partial charge in [0.25, 0.3) is 0 Å². The summed E-state index contributed by atoms with van der Waals surface area (Å²) in [6.45, 7) is 0.333. The van der Waals surface area contributed by atoms with Crippen LogP contribution in [-0.4, -0.2) is 18.6 Å². The maximum atomic E-state index is 6.17. The van der Waals surface area contributed by atoms with E-state index in [0.717, 1.165) is 30.8 Å². The van der Waals surface area contributed by atoms with Crippen molar-refractivity contribution < 1.29 is 9.47 Å². The lowest BCUT2D eigenvalue weighted by Crippen LogP contribution is -2.24. The molecule has 0 amide bonds. The highest BCUT2D eigenvalue weighted by Gasteiger charge is 2.39. The summed E-state index contributed by atoms with van der Waals surface area (Å²) in [7, 11) is 0. The molecule has 1 heterocycles. The van der Waals surface area contributed by atoms with Gasteiger partial charge in [-0.05, 0) is 37.1 Å². The second kappa shape index (κ2) is 3.57. The van der Waals surface area contributed by atoms with E-state index in [4.69, 9.17) is 15.2 Å². The van der Waals surface area contributed by atoms with Crippen molar-refractivity contribution in [3.8, 4) is 11.5 Å². The summed E-state index contributed by atoms with van der Waals surface area (Å²) in [5.74, 6) is 1.75. The van der Waals surface area contributed by atoms with Gasteiger partial charge in [-0.25, -0.2) is 0 Å². The Hall–Kier alpha value is -0.870. The molecular weight excluding hydrogens is 222 g/mol. The number of hydrogen-bond acceptors (Lipinski definition) is 4. The molecule has 0 bridgehead atoms. The lowest BCUT2D eigenvalue weighted by molar-refractivity contribution is 0.172.